The van der Waals surface area contributed by atoms with Crippen molar-refractivity contribution >= 4 is 55.2 Å². The quantitative estimate of drug-likeness (QED) is 0.179. The van der Waals surface area contributed by atoms with E-state index in [9.17, 15) is 0 Å². The molecule has 0 amide bonds. The summed E-state index contributed by atoms with van der Waals surface area (Å²) in [6.07, 6.45) is 5.56. The molecule has 11 nitrogen and oxygen atoms in total. The van der Waals surface area contributed by atoms with Gasteiger partial charge in [-0.25, -0.2) is 23.9 Å². The van der Waals surface area contributed by atoms with Gasteiger partial charge in [0.2, 0.25) is 17.8 Å². The second-order valence-corrected chi connectivity index (χ2v) is 13.7. The van der Waals surface area contributed by atoms with Crippen LogP contribution in [0.15, 0.2) is 97.6 Å². The van der Waals surface area contributed by atoms with Crippen LogP contribution in [-0.2, 0) is 17.6 Å². The van der Waals surface area contributed by atoms with Crippen molar-refractivity contribution in [2.45, 2.75) is 57.8 Å². The van der Waals surface area contributed by atoms with Crippen LogP contribution in [-0.4, -0.2) is 41.1 Å². The van der Waals surface area contributed by atoms with E-state index in [1.807, 2.05) is 13.9 Å². The second-order valence-electron chi connectivity index (χ2n) is 13.7. The minimum atomic E-state index is -0.364. The minimum Gasteiger partial charge on any atom is -0.383 e. The lowest BCUT2D eigenvalue weighted by molar-refractivity contribution is -0.755. The van der Waals surface area contributed by atoms with Gasteiger partial charge in [-0.2, -0.15) is 10.2 Å². The fourth-order valence-corrected chi connectivity index (χ4v) is 7.67. The van der Waals surface area contributed by atoms with Crippen molar-refractivity contribution < 1.29 is 9.30 Å². The number of hydrogen-bond acceptors (Lipinski definition) is 8. The van der Waals surface area contributed by atoms with Gasteiger partial charge in [-0.1, -0.05) is 89.9 Å². The monoisotopic (exact) mass is 675 g/mol. The van der Waals surface area contributed by atoms with Crippen LogP contribution in [0.3, 0.4) is 0 Å². The Morgan fingerprint density at radius 2 is 1.59 bits per heavy atom. The maximum atomic E-state index is 7.07. The Hall–Kier alpha value is -5.94. The van der Waals surface area contributed by atoms with E-state index in [0.717, 1.165) is 39.9 Å². The number of nitrogens with two attached hydrogens (primary N) is 2. The number of nitrogens with zero attached hydrogens (tertiary/aromatic N) is 8. The molecule has 9 rings (SSSR count). The van der Waals surface area contributed by atoms with Gasteiger partial charge in [0.15, 0.2) is 11.9 Å². The van der Waals surface area contributed by atoms with E-state index in [4.69, 9.17) is 36.4 Å². The summed E-state index contributed by atoms with van der Waals surface area (Å²) in [4.78, 5) is 14.0. The number of ether oxygens (including phenoxy) is 1. The van der Waals surface area contributed by atoms with Crippen LogP contribution in [0, 0.1) is 0 Å². The third-order valence-electron chi connectivity index (χ3n) is 10.2. The van der Waals surface area contributed by atoms with Gasteiger partial charge in [-0.05, 0) is 52.9 Å². The van der Waals surface area contributed by atoms with Crippen molar-refractivity contribution in [3.63, 3.8) is 0 Å². The smallest absolute Gasteiger partial charge is 0.241 e. The van der Waals surface area contributed by atoms with Crippen LogP contribution in [0.5, 0.6) is 0 Å². The molecule has 0 bridgehead atoms. The maximum Gasteiger partial charge on any atom is 0.241 e. The predicted octanol–water partition coefficient (Wildman–Crippen LogP) is 6.64. The first-order valence-electron chi connectivity index (χ1n) is 17.5. The van der Waals surface area contributed by atoms with Crippen molar-refractivity contribution in [2.75, 3.05) is 18.1 Å². The zero-order chi connectivity index (χ0) is 34.6. The lowest BCUT2D eigenvalue weighted by Gasteiger charge is -2.29. The second kappa shape index (κ2) is 12.4. The lowest BCUT2D eigenvalue weighted by Crippen LogP contribution is -2.47. The van der Waals surface area contributed by atoms with E-state index in [0.29, 0.717) is 37.5 Å². The molecule has 5 heterocycles. The molecule has 1 aliphatic rings. The molecule has 2 unspecified atom stereocenters. The normalized spacial score (nSPS) is 16.6. The highest BCUT2D eigenvalue weighted by atomic mass is 16.5. The summed E-state index contributed by atoms with van der Waals surface area (Å²) >= 11 is 0. The van der Waals surface area contributed by atoms with Crippen molar-refractivity contribution in [2.24, 2.45) is 0 Å². The van der Waals surface area contributed by atoms with Gasteiger partial charge in [0, 0.05) is 19.3 Å². The number of benzene rings is 4. The van der Waals surface area contributed by atoms with Gasteiger partial charge in [0.05, 0.1) is 35.5 Å². The molecule has 51 heavy (non-hydrogen) atoms. The fourth-order valence-electron chi connectivity index (χ4n) is 7.67. The minimum absolute atomic E-state index is 0.0140. The van der Waals surface area contributed by atoms with Crippen LogP contribution >= 0.6 is 0 Å². The van der Waals surface area contributed by atoms with Crippen molar-refractivity contribution in [1.82, 2.24) is 34.5 Å². The third kappa shape index (κ3) is 5.41. The Kier molecular flexibility index (Phi) is 7.57. The molecule has 0 aliphatic carbocycles. The molecule has 11 heteroatoms. The molecule has 1 aliphatic heterocycles. The lowest BCUT2D eigenvalue weighted by atomic mass is 10.0. The first-order valence-corrected chi connectivity index (χ1v) is 17.5. The molecule has 4 aromatic carbocycles. The van der Waals surface area contributed by atoms with Gasteiger partial charge >= 0.3 is 0 Å². The van der Waals surface area contributed by atoms with Gasteiger partial charge in [0.25, 0.3) is 0 Å². The maximum absolute atomic E-state index is 7.07. The topological polar surface area (TPSA) is 139 Å². The zero-order valence-electron chi connectivity index (χ0n) is 28.6. The molecule has 2 atom stereocenters. The van der Waals surface area contributed by atoms with Crippen LogP contribution in [0.4, 0.5) is 11.6 Å². The zero-order valence-corrected chi connectivity index (χ0v) is 28.6. The molecule has 1 fully saturated rings. The molecule has 254 valence electrons. The number of hydrogen-bond donors (Lipinski definition) is 2. The first-order chi connectivity index (χ1) is 24.9. The summed E-state index contributed by atoms with van der Waals surface area (Å²) in [7, 11) is 0. The van der Waals surface area contributed by atoms with Gasteiger partial charge in [-0.3, -0.25) is 0 Å². The third-order valence-corrected chi connectivity index (χ3v) is 10.2. The molecule has 0 radical (unpaired) electrons. The number of rotatable bonds is 7. The van der Waals surface area contributed by atoms with E-state index in [1.54, 1.807) is 6.33 Å². The number of aromatic nitrogens is 8. The van der Waals surface area contributed by atoms with Crippen molar-refractivity contribution in [3.05, 3.63) is 120 Å². The van der Waals surface area contributed by atoms with Crippen molar-refractivity contribution in [1.29, 1.82) is 0 Å². The van der Waals surface area contributed by atoms with E-state index in [-0.39, 0.29) is 18.3 Å². The molecule has 4 N–H and O–H groups in total. The van der Waals surface area contributed by atoms with Crippen LogP contribution in [0.2, 0.25) is 0 Å². The highest BCUT2D eigenvalue weighted by molar-refractivity contribution is 5.91. The molecule has 8 aromatic rings. The Morgan fingerprint density at radius 3 is 2.45 bits per heavy atom. The Morgan fingerprint density at radius 1 is 0.804 bits per heavy atom. The van der Waals surface area contributed by atoms with E-state index in [1.165, 1.54) is 39.0 Å². The molecular weight excluding hydrogens is 637 g/mol. The largest absolute Gasteiger partial charge is 0.383 e. The number of nitrogen functional groups attached to an aromatic ring is 2. The summed E-state index contributed by atoms with van der Waals surface area (Å²) < 4.78 is 12.4. The molecule has 1 saturated heterocycles. The standard InChI is InChI=1S/C40H38N10O/c1-24(2)49-40-36(32(46-49)19-25-14-15-26-8-3-4-10-28(26)18-25)38(42)48(23-45-40)34-21-30(16-17-51-34)50-39-35(37(41)43-22-44-39)33(47-50)20-29-12-7-11-27-9-5-6-13-31(27)29/h3-15,18,22-24,30,34,42H,16-17,19-21H2,1-2H3,(H2,41,43,44,47)/p+1. The Bertz CT molecular complexity index is 2580. The van der Waals surface area contributed by atoms with Crippen LogP contribution in [0.1, 0.15) is 67.5 Å². The predicted molar refractivity (Wildman–Crippen MR) is 199 cm³/mol. The molecule has 0 saturated carbocycles. The molecule has 4 aromatic heterocycles. The summed E-state index contributed by atoms with van der Waals surface area (Å²) in [5.41, 5.74) is 19.2. The summed E-state index contributed by atoms with van der Waals surface area (Å²) in [5.74, 6) is 1.02. The molecule has 0 spiro atoms. The van der Waals surface area contributed by atoms with Gasteiger partial charge < -0.3 is 16.2 Å². The summed E-state index contributed by atoms with van der Waals surface area (Å²) in [6.45, 7) is 4.74. The highest BCUT2D eigenvalue weighted by Crippen LogP contribution is 2.35. The van der Waals surface area contributed by atoms with Gasteiger partial charge in [0.1, 0.15) is 17.5 Å². The molecular formula is C40H39N10O+. The first kappa shape index (κ1) is 31.1. The average Bonchev–Trinajstić information content (AvgIpc) is 3.72. The SMILES string of the molecule is CC(C)n1nc(Cc2ccc3ccccc3c2)c2c(N)[n+](C3CC(n4nc(Cc5cccc6ccccc56)c5c(N)ncnc54)CCO3)cnc21. The Labute approximate surface area is 294 Å². The van der Waals surface area contributed by atoms with Crippen LogP contribution in [0.25, 0.3) is 43.6 Å². The summed E-state index contributed by atoms with van der Waals surface area (Å²) in [6, 6.07) is 29.8. The van der Waals surface area contributed by atoms with E-state index in [2.05, 4.69) is 104 Å². The summed E-state index contributed by atoms with van der Waals surface area (Å²) in [5, 5.41) is 16.7. The average molecular weight is 676 g/mol. The van der Waals surface area contributed by atoms with Crippen LogP contribution < -0.4 is 16.0 Å². The Balaban J connectivity index is 1.07. The highest BCUT2D eigenvalue weighted by Gasteiger charge is 2.33. The van der Waals surface area contributed by atoms with E-state index < -0.39 is 0 Å². The number of fused-ring (bicyclic) bond motifs is 4. The van der Waals surface area contributed by atoms with Gasteiger partial charge in [-0.15, -0.1) is 0 Å². The fraction of sp³-hybridized carbons (Fsp3) is 0.250. The van der Waals surface area contributed by atoms with Crippen molar-refractivity contribution in [3.8, 4) is 0 Å². The van der Waals surface area contributed by atoms with E-state index >= 15 is 0 Å². The number of anilines is 2.